The first kappa shape index (κ1) is 22.4. The molecule has 7 nitrogen and oxygen atoms in total. The maximum absolute atomic E-state index is 14.3. The lowest BCUT2D eigenvalue weighted by Crippen LogP contribution is -2.73. The van der Waals surface area contributed by atoms with E-state index < -0.39 is 26.1 Å². The van der Waals surface area contributed by atoms with Crippen LogP contribution in [0.5, 0.6) is 0 Å². The fourth-order valence-corrected chi connectivity index (χ4v) is 6.58. The van der Waals surface area contributed by atoms with E-state index in [2.05, 4.69) is 5.32 Å². The van der Waals surface area contributed by atoms with Crippen molar-refractivity contribution in [3.63, 3.8) is 0 Å². The van der Waals surface area contributed by atoms with Crippen LogP contribution in [0.4, 0.5) is 22.4 Å². The summed E-state index contributed by atoms with van der Waals surface area (Å²) in [6.07, 6.45) is 3.11. The number of hydrogen-bond acceptors (Lipinski definition) is 4. The number of carbonyl (C=O) groups excluding carboxylic acids is 2. The van der Waals surface area contributed by atoms with Gasteiger partial charge in [0.05, 0.1) is 10.4 Å². The van der Waals surface area contributed by atoms with Crippen molar-refractivity contribution < 1.29 is 35.6 Å². The van der Waals surface area contributed by atoms with Gasteiger partial charge in [-0.15, -0.1) is 0 Å². The second-order valence-electron chi connectivity index (χ2n) is 10.0. The second kappa shape index (κ2) is 7.07. The molecule has 1 saturated carbocycles. The van der Waals surface area contributed by atoms with E-state index in [0.29, 0.717) is 45.1 Å². The van der Waals surface area contributed by atoms with Gasteiger partial charge in [-0.05, 0) is 49.3 Å². The molecule has 33 heavy (non-hydrogen) atoms. The molecule has 0 radical (unpaired) electrons. The van der Waals surface area contributed by atoms with Crippen molar-refractivity contribution in [2.75, 3.05) is 26.2 Å². The zero-order chi connectivity index (χ0) is 23.8. The molecule has 5 rings (SSSR count). The number of benzene rings is 1. The lowest BCUT2D eigenvalue weighted by atomic mass is 9.56. The normalized spacial score (nSPS) is 23.8. The van der Waals surface area contributed by atoms with Gasteiger partial charge in [0.25, 0.3) is 9.84 Å². The third-order valence-corrected chi connectivity index (χ3v) is 8.89. The summed E-state index contributed by atoms with van der Waals surface area (Å²) in [5.74, 6) is -0.807. The van der Waals surface area contributed by atoms with Crippen LogP contribution in [0.1, 0.15) is 31.2 Å². The molecule has 1 aliphatic carbocycles. The Morgan fingerprint density at radius 1 is 1.12 bits per heavy atom. The van der Waals surface area contributed by atoms with E-state index in [1.165, 1.54) is 0 Å². The third kappa shape index (κ3) is 3.66. The Bertz CT molecular complexity index is 1120. The van der Waals surface area contributed by atoms with Gasteiger partial charge in [-0.1, -0.05) is 6.07 Å². The molecule has 1 N–H and O–H groups in total. The highest BCUT2D eigenvalue weighted by molar-refractivity contribution is 7.92. The quantitative estimate of drug-likeness (QED) is 0.661. The SMILES string of the molecule is O=C1CCC2(CN(C(=O)N3CC4(CC(Cc5ccc(S(=O)(=O)C(F)(F)F)cc5F)C4)C3)C2)N1. The van der Waals surface area contributed by atoms with E-state index in [4.69, 9.17) is 0 Å². The van der Waals surface area contributed by atoms with E-state index in [-0.39, 0.29) is 34.4 Å². The fraction of sp³-hybridized carbons (Fsp3) is 0.619. The van der Waals surface area contributed by atoms with Gasteiger partial charge in [0.15, 0.2) is 0 Å². The molecule has 0 unspecified atom stereocenters. The number of carbonyl (C=O) groups is 2. The summed E-state index contributed by atoms with van der Waals surface area (Å²) in [6.45, 7) is 2.29. The minimum atomic E-state index is -5.58. The van der Waals surface area contributed by atoms with Crippen molar-refractivity contribution in [3.8, 4) is 0 Å². The van der Waals surface area contributed by atoms with Crippen molar-refractivity contribution in [1.29, 1.82) is 0 Å². The smallest absolute Gasteiger partial charge is 0.347 e. The Labute approximate surface area is 188 Å². The summed E-state index contributed by atoms with van der Waals surface area (Å²) in [5.41, 5.74) is -5.54. The molecular weight excluding hydrogens is 466 g/mol. The van der Waals surface area contributed by atoms with Crippen LogP contribution in [0.15, 0.2) is 23.1 Å². The zero-order valence-corrected chi connectivity index (χ0v) is 18.4. The lowest BCUT2D eigenvalue weighted by molar-refractivity contribution is -0.120. The monoisotopic (exact) mass is 489 g/mol. The lowest BCUT2D eigenvalue weighted by Gasteiger charge is -2.61. The molecule has 3 heterocycles. The van der Waals surface area contributed by atoms with Gasteiger partial charge in [-0.3, -0.25) is 4.79 Å². The standard InChI is InChI=1S/C21H23F4N3O4S/c22-16-6-15(33(31,32)21(23,24)25)2-1-14(16)5-13-7-19(8-13)9-27(10-19)18(30)28-11-20(12-28)4-3-17(29)26-20/h1-2,6,13H,3-5,7-12H2,(H,26,29). The van der Waals surface area contributed by atoms with Gasteiger partial charge in [0, 0.05) is 38.0 Å². The van der Waals surface area contributed by atoms with Crippen molar-refractivity contribution >= 4 is 21.8 Å². The highest BCUT2D eigenvalue weighted by atomic mass is 32.2. The summed E-state index contributed by atoms with van der Waals surface area (Å²) >= 11 is 0. The molecule has 2 spiro atoms. The van der Waals surface area contributed by atoms with Crippen LogP contribution in [-0.2, 0) is 21.1 Å². The number of halogens is 4. The van der Waals surface area contributed by atoms with Gasteiger partial charge >= 0.3 is 11.5 Å². The molecule has 3 saturated heterocycles. The van der Waals surface area contributed by atoms with Crippen LogP contribution in [-0.4, -0.2) is 67.4 Å². The topological polar surface area (TPSA) is 86.8 Å². The largest absolute Gasteiger partial charge is 0.501 e. The second-order valence-corrected chi connectivity index (χ2v) is 11.9. The summed E-state index contributed by atoms with van der Waals surface area (Å²) < 4.78 is 75.2. The molecule has 3 aliphatic heterocycles. The molecule has 1 aromatic rings. The Morgan fingerprint density at radius 2 is 1.76 bits per heavy atom. The Morgan fingerprint density at radius 3 is 2.30 bits per heavy atom. The molecule has 1 aromatic carbocycles. The van der Waals surface area contributed by atoms with E-state index in [9.17, 15) is 35.6 Å². The van der Waals surface area contributed by atoms with E-state index in [0.717, 1.165) is 31.4 Å². The number of nitrogens with one attached hydrogen (secondary N) is 1. The van der Waals surface area contributed by atoms with Crippen LogP contribution in [0.2, 0.25) is 0 Å². The molecule has 180 valence electrons. The first-order chi connectivity index (χ1) is 15.3. The summed E-state index contributed by atoms with van der Waals surface area (Å²) in [6, 6.07) is 2.30. The first-order valence-electron chi connectivity index (χ1n) is 10.8. The van der Waals surface area contributed by atoms with E-state index in [1.54, 1.807) is 9.80 Å². The van der Waals surface area contributed by atoms with Gasteiger partial charge < -0.3 is 15.1 Å². The highest BCUT2D eigenvalue weighted by Gasteiger charge is 2.56. The minimum Gasteiger partial charge on any atom is -0.347 e. The molecule has 4 aliphatic rings. The Kier molecular flexibility index (Phi) is 4.80. The Hall–Kier alpha value is -2.37. The van der Waals surface area contributed by atoms with Crippen molar-refractivity contribution in [2.24, 2.45) is 11.3 Å². The van der Waals surface area contributed by atoms with Crippen LogP contribution in [0, 0.1) is 17.2 Å². The van der Waals surface area contributed by atoms with Crippen molar-refractivity contribution in [2.45, 2.75) is 48.0 Å². The van der Waals surface area contributed by atoms with Crippen molar-refractivity contribution in [1.82, 2.24) is 15.1 Å². The number of alkyl halides is 3. The predicted molar refractivity (Wildman–Crippen MR) is 107 cm³/mol. The number of nitrogens with zero attached hydrogens (tertiary/aromatic N) is 2. The van der Waals surface area contributed by atoms with Crippen LogP contribution >= 0.6 is 0 Å². The maximum Gasteiger partial charge on any atom is 0.501 e. The summed E-state index contributed by atoms with van der Waals surface area (Å²) in [7, 11) is -5.58. The van der Waals surface area contributed by atoms with E-state index in [1.807, 2.05) is 0 Å². The predicted octanol–water partition coefficient (Wildman–Crippen LogP) is 2.46. The number of amides is 3. The van der Waals surface area contributed by atoms with Crippen LogP contribution < -0.4 is 5.32 Å². The number of urea groups is 1. The van der Waals surface area contributed by atoms with E-state index >= 15 is 0 Å². The number of rotatable bonds is 3. The molecule has 0 aromatic heterocycles. The third-order valence-electron chi connectivity index (χ3n) is 7.41. The maximum atomic E-state index is 14.3. The van der Waals surface area contributed by atoms with Gasteiger partial charge in [-0.25, -0.2) is 17.6 Å². The van der Waals surface area contributed by atoms with Gasteiger partial charge in [-0.2, -0.15) is 13.2 Å². The average molecular weight is 489 g/mol. The zero-order valence-electron chi connectivity index (χ0n) is 17.6. The molecular formula is C21H23F4N3O4S. The van der Waals surface area contributed by atoms with Crippen molar-refractivity contribution in [3.05, 3.63) is 29.6 Å². The highest BCUT2D eigenvalue weighted by Crippen LogP contribution is 2.53. The first-order valence-corrected chi connectivity index (χ1v) is 12.2. The number of sulfone groups is 1. The summed E-state index contributed by atoms with van der Waals surface area (Å²) in [5, 5.41) is 2.95. The minimum absolute atomic E-state index is 0.000492. The van der Waals surface area contributed by atoms with Crippen LogP contribution in [0.25, 0.3) is 0 Å². The average Bonchev–Trinajstić information content (AvgIpc) is 3.03. The molecule has 3 amide bonds. The molecule has 12 heteroatoms. The van der Waals surface area contributed by atoms with Crippen LogP contribution in [0.3, 0.4) is 0 Å². The number of likely N-dealkylation sites (tertiary alicyclic amines) is 2. The molecule has 0 bridgehead atoms. The molecule has 0 atom stereocenters. The summed E-state index contributed by atoms with van der Waals surface area (Å²) in [4.78, 5) is 26.5. The number of hydrogen-bond donors (Lipinski definition) is 1. The fourth-order valence-electron chi connectivity index (χ4n) is 5.80. The molecule has 4 fully saturated rings. The Balaban J connectivity index is 1.11. The van der Waals surface area contributed by atoms with Gasteiger partial charge in [0.1, 0.15) is 5.82 Å². The van der Waals surface area contributed by atoms with Gasteiger partial charge in [0.2, 0.25) is 5.91 Å².